The summed E-state index contributed by atoms with van der Waals surface area (Å²) < 4.78 is 11.5. The fourth-order valence-corrected chi connectivity index (χ4v) is 4.44. The van der Waals surface area contributed by atoms with Crippen molar-refractivity contribution in [2.24, 2.45) is 5.92 Å². The van der Waals surface area contributed by atoms with E-state index in [1.165, 1.54) is 0 Å². The van der Waals surface area contributed by atoms with E-state index in [0.717, 1.165) is 24.8 Å². The number of carbonyl (C=O) groups is 1. The quantitative estimate of drug-likeness (QED) is 0.571. The zero-order valence-electron chi connectivity index (χ0n) is 11.2. The highest BCUT2D eigenvalue weighted by atomic mass is 28.4. The Labute approximate surface area is 104 Å². The number of ether oxygens (including phenoxy) is 1. The van der Waals surface area contributed by atoms with Crippen molar-refractivity contribution in [1.82, 2.24) is 0 Å². The lowest BCUT2D eigenvalue weighted by molar-refractivity contribution is -0.142. The molecule has 0 N–H and O–H groups in total. The summed E-state index contributed by atoms with van der Waals surface area (Å²) in [6.45, 7) is 8.81. The zero-order valence-corrected chi connectivity index (χ0v) is 12.2. The maximum absolute atomic E-state index is 11.9. The minimum atomic E-state index is -1.64. The lowest BCUT2D eigenvalue weighted by Crippen LogP contribution is -2.53. The molecule has 2 atom stereocenters. The first-order valence-electron chi connectivity index (χ1n) is 6.48. The van der Waals surface area contributed by atoms with E-state index in [9.17, 15) is 4.79 Å². The molecule has 1 fully saturated rings. The molecule has 0 amide bonds. The SMILES string of the molecule is CCOC(=O)C1=C[C@@H]2CCC[C@]12O[Si](C)(C)C. The maximum Gasteiger partial charge on any atom is 0.336 e. The van der Waals surface area contributed by atoms with Gasteiger partial charge in [0.05, 0.1) is 17.8 Å². The van der Waals surface area contributed by atoms with Gasteiger partial charge in [0.1, 0.15) is 0 Å². The Morgan fingerprint density at radius 2 is 2.24 bits per heavy atom. The van der Waals surface area contributed by atoms with E-state index < -0.39 is 8.32 Å². The topological polar surface area (TPSA) is 35.5 Å². The van der Waals surface area contributed by atoms with Gasteiger partial charge in [0.2, 0.25) is 0 Å². The van der Waals surface area contributed by atoms with Crippen LogP contribution in [0.15, 0.2) is 11.6 Å². The van der Waals surface area contributed by atoms with Crippen molar-refractivity contribution < 1.29 is 14.0 Å². The molecule has 2 aliphatic rings. The molecule has 3 nitrogen and oxygen atoms in total. The van der Waals surface area contributed by atoms with Crippen molar-refractivity contribution in [3.8, 4) is 0 Å². The molecule has 0 spiro atoms. The van der Waals surface area contributed by atoms with Gasteiger partial charge in [-0.2, -0.15) is 0 Å². The van der Waals surface area contributed by atoms with Crippen LogP contribution in [-0.4, -0.2) is 26.5 Å². The summed E-state index contributed by atoms with van der Waals surface area (Å²) in [6, 6.07) is 0. The number of hydrogen-bond acceptors (Lipinski definition) is 3. The summed E-state index contributed by atoms with van der Waals surface area (Å²) in [5.41, 5.74) is 0.487. The Kier molecular flexibility index (Phi) is 3.21. The van der Waals surface area contributed by atoms with E-state index in [4.69, 9.17) is 9.16 Å². The second kappa shape index (κ2) is 4.25. The predicted octanol–water partition coefficient (Wildman–Crippen LogP) is 2.88. The largest absolute Gasteiger partial charge is 0.463 e. The van der Waals surface area contributed by atoms with Crippen LogP contribution in [0, 0.1) is 5.92 Å². The van der Waals surface area contributed by atoms with E-state index in [0.29, 0.717) is 12.5 Å². The molecule has 0 saturated heterocycles. The first-order chi connectivity index (χ1) is 7.89. The van der Waals surface area contributed by atoms with Gasteiger partial charge in [-0.3, -0.25) is 0 Å². The first kappa shape index (κ1) is 12.8. The van der Waals surface area contributed by atoms with Gasteiger partial charge in [-0.1, -0.05) is 6.08 Å². The van der Waals surface area contributed by atoms with Gasteiger partial charge < -0.3 is 9.16 Å². The van der Waals surface area contributed by atoms with Crippen molar-refractivity contribution in [2.75, 3.05) is 6.61 Å². The van der Waals surface area contributed by atoms with Crippen LogP contribution in [0.3, 0.4) is 0 Å². The van der Waals surface area contributed by atoms with Gasteiger partial charge in [0.25, 0.3) is 0 Å². The van der Waals surface area contributed by atoms with E-state index in [-0.39, 0.29) is 11.6 Å². The average molecular weight is 254 g/mol. The molecule has 0 aliphatic heterocycles. The molecule has 4 heteroatoms. The van der Waals surface area contributed by atoms with E-state index in [1.54, 1.807) is 0 Å². The number of esters is 1. The van der Waals surface area contributed by atoms with Crippen LogP contribution >= 0.6 is 0 Å². The monoisotopic (exact) mass is 254 g/mol. The number of rotatable bonds is 4. The highest BCUT2D eigenvalue weighted by Crippen LogP contribution is 2.53. The first-order valence-corrected chi connectivity index (χ1v) is 9.89. The normalized spacial score (nSPS) is 31.5. The maximum atomic E-state index is 11.9. The molecule has 0 aromatic heterocycles. The molecular formula is C13H22O3Si. The molecule has 2 rings (SSSR count). The van der Waals surface area contributed by atoms with E-state index in [1.807, 2.05) is 6.92 Å². The Bertz CT molecular complexity index is 356. The lowest BCUT2D eigenvalue weighted by atomic mass is 9.72. The van der Waals surface area contributed by atoms with Crippen LogP contribution in [0.2, 0.25) is 19.6 Å². The molecule has 0 radical (unpaired) electrons. The van der Waals surface area contributed by atoms with Gasteiger partial charge >= 0.3 is 5.97 Å². The number of hydrogen-bond donors (Lipinski definition) is 0. The Balaban J connectivity index is 2.18. The molecule has 1 saturated carbocycles. The molecule has 0 aromatic rings. The molecule has 0 unspecified atom stereocenters. The van der Waals surface area contributed by atoms with Gasteiger partial charge in [0.15, 0.2) is 8.32 Å². The zero-order chi connectivity index (χ0) is 12.7. The smallest absolute Gasteiger partial charge is 0.336 e. The molecular weight excluding hydrogens is 232 g/mol. The summed E-state index contributed by atoms with van der Waals surface area (Å²) in [6.07, 6.45) is 5.33. The van der Waals surface area contributed by atoms with Crippen LogP contribution in [0.4, 0.5) is 0 Å². The lowest BCUT2D eigenvalue weighted by Gasteiger charge is -2.46. The van der Waals surface area contributed by atoms with Crippen molar-refractivity contribution in [3.05, 3.63) is 11.6 Å². The van der Waals surface area contributed by atoms with Crippen LogP contribution in [-0.2, 0) is 14.0 Å². The van der Waals surface area contributed by atoms with Gasteiger partial charge in [0, 0.05) is 5.92 Å². The van der Waals surface area contributed by atoms with Gasteiger partial charge in [-0.15, -0.1) is 0 Å². The minimum Gasteiger partial charge on any atom is -0.463 e. The van der Waals surface area contributed by atoms with Crippen LogP contribution < -0.4 is 0 Å². The highest BCUT2D eigenvalue weighted by Gasteiger charge is 2.56. The molecule has 0 aromatic carbocycles. The third kappa shape index (κ3) is 2.20. The summed E-state index contributed by atoms with van der Waals surface area (Å²) in [5.74, 6) is 0.262. The Hall–Kier alpha value is -0.613. The van der Waals surface area contributed by atoms with E-state index >= 15 is 0 Å². The van der Waals surface area contributed by atoms with Crippen LogP contribution in [0.1, 0.15) is 26.2 Å². The molecule has 0 bridgehead atoms. The van der Waals surface area contributed by atoms with Gasteiger partial charge in [-0.05, 0) is 45.8 Å². The van der Waals surface area contributed by atoms with Crippen LogP contribution in [0.5, 0.6) is 0 Å². The summed E-state index contributed by atoms with van der Waals surface area (Å²) >= 11 is 0. The van der Waals surface area contributed by atoms with Crippen molar-refractivity contribution >= 4 is 14.3 Å². The minimum absolute atomic E-state index is 0.177. The predicted molar refractivity (Wildman–Crippen MR) is 69.2 cm³/mol. The third-order valence-electron chi connectivity index (χ3n) is 3.47. The Morgan fingerprint density at radius 3 is 2.76 bits per heavy atom. The summed E-state index contributed by atoms with van der Waals surface area (Å²) in [7, 11) is -1.64. The summed E-state index contributed by atoms with van der Waals surface area (Å²) in [4.78, 5) is 11.9. The molecule has 96 valence electrons. The highest BCUT2D eigenvalue weighted by molar-refractivity contribution is 6.69. The molecule has 0 heterocycles. The molecule has 2 aliphatic carbocycles. The van der Waals surface area contributed by atoms with Crippen molar-refractivity contribution in [1.29, 1.82) is 0 Å². The second-order valence-corrected chi connectivity index (χ2v) is 10.3. The Morgan fingerprint density at radius 1 is 1.53 bits per heavy atom. The fraction of sp³-hybridized carbons (Fsp3) is 0.769. The van der Waals surface area contributed by atoms with E-state index in [2.05, 4.69) is 25.7 Å². The number of fused-ring (bicyclic) bond motifs is 1. The average Bonchev–Trinajstić information content (AvgIpc) is 2.44. The second-order valence-electron chi connectivity index (χ2n) is 5.90. The molecule has 17 heavy (non-hydrogen) atoms. The standard InChI is InChI=1S/C13H22O3Si/c1-5-15-12(14)11-9-10-7-6-8-13(10,11)16-17(2,3)4/h9-10H,5-8H2,1-4H3/t10-,13+/m0/s1. The van der Waals surface area contributed by atoms with Gasteiger partial charge in [-0.25, -0.2) is 4.79 Å². The van der Waals surface area contributed by atoms with Crippen molar-refractivity contribution in [3.63, 3.8) is 0 Å². The van der Waals surface area contributed by atoms with Crippen molar-refractivity contribution in [2.45, 2.75) is 51.4 Å². The summed E-state index contributed by atoms with van der Waals surface area (Å²) in [5, 5.41) is 0. The third-order valence-corrected chi connectivity index (χ3v) is 4.45. The van der Waals surface area contributed by atoms with Crippen LogP contribution in [0.25, 0.3) is 0 Å². The fourth-order valence-electron chi connectivity index (χ4n) is 2.98. The number of carbonyl (C=O) groups excluding carboxylic acids is 1.